The molecule has 17 heavy (non-hydrogen) atoms. The second kappa shape index (κ2) is 5.89. The number of hydrogen-bond donors (Lipinski definition) is 1. The molecule has 0 unspecified atom stereocenters. The molecule has 0 saturated carbocycles. The number of nitrogens with one attached hydrogen (secondary N) is 1. The Morgan fingerprint density at radius 1 is 1.18 bits per heavy atom. The summed E-state index contributed by atoms with van der Waals surface area (Å²) < 4.78 is 5.94. The molecule has 1 aliphatic heterocycles. The van der Waals surface area contributed by atoms with E-state index in [2.05, 4.69) is 49.2 Å². The predicted molar refractivity (Wildman–Crippen MR) is 77.6 cm³/mol. The van der Waals surface area contributed by atoms with Crippen LogP contribution in [0.2, 0.25) is 19.6 Å². The molecular formula is C13H22ClNOSi. The summed E-state index contributed by atoms with van der Waals surface area (Å²) >= 11 is 0. The van der Waals surface area contributed by atoms with E-state index < -0.39 is 8.32 Å². The lowest BCUT2D eigenvalue weighted by molar-refractivity contribution is 0.556. The van der Waals surface area contributed by atoms with Crippen molar-refractivity contribution in [3.05, 3.63) is 29.8 Å². The Morgan fingerprint density at radius 3 is 2.29 bits per heavy atom. The van der Waals surface area contributed by atoms with Crippen molar-refractivity contribution in [1.82, 2.24) is 5.32 Å². The van der Waals surface area contributed by atoms with Crippen molar-refractivity contribution in [3.8, 4) is 5.75 Å². The van der Waals surface area contributed by atoms with Crippen LogP contribution in [0.3, 0.4) is 0 Å². The van der Waals surface area contributed by atoms with Crippen molar-refractivity contribution < 1.29 is 4.43 Å². The molecule has 0 aromatic heterocycles. The smallest absolute Gasteiger partial charge is 0.242 e. The number of benzene rings is 1. The summed E-state index contributed by atoms with van der Waals surface area (Å²) in [4.78, 5) is 0. The maximum Gasteiger partial charge on any atom is 0.242 e. The first-order valence-corrected chi connectivity index (χ1v) is 9.48. The molecule has 0 bridgehead atoms. The zero-order valence-electron chi connectivity index (χ0n) is 10.8. The van der Waals surface area contributed by atoms with E-state index in [1.807, 2.05) is 0 Å². The van der Waals surface area contributed by atoms with Crippen molar-refractivity contribution in [1.29, 1.82) is 0 Å². The highest BCUT2D eigenvalue weighted by Gasteiger charge is 2.18. The average Bonchev–Trinajstić information content (AvgIpc) is 2.69. The van der Waals surface area contributed by atoms with E-state index in [1.54, 1.807) is 0 Å². The molecule has 0 aliphatic carbocycles. The lowest BCUT2D eigenvalue weighted by atomic mass is 10.1. The molecule has 1 saturated heterocycles. The minimum atomic E-state index is -1.46. The summed E-state index contributed by atoms with van der Waals surface area (Å²) in [7, 11) is -1.46. The zero-order valence-corrected chi connectivity index (χ0v) is 12.6. The molecule has 96 valence electrons. The Morgan fingerprint density at radius 2 is 1.82 bits per heavy atom. The van der Waals surface area contributed by atoms with Gasteiger partial charge in [0.1, 0.15) is 5.75 Å². The number of hydrogen-bond acceptors (Lipinski definition) is 2. The Labute approximate surface area is 111 Å². The van der Waals surface area contributed by atoms with Crippen molar-refractivity contribution in [2.45, 2.75) is 38.5 Å². The molecule has 0 radical (unpaired) electrons. The normalized spacial score (nSPS) is 19.8. The molecule has 1 aromatic rings. The molecule has 4 heteroatoms. The van der Waals surface area contributed by atoms with E-state index in [-0.39, 0.29) is 12.4 Å². The van der Waals surface area contributed by atoms with Gasteiger partial charge < -0.3 is 9.74 Å². The van der Waals surface area contributed by atoms with Crippen LogP contribution < -0.4 is 9.74 Å². The van der Waals surface area contributed by atoms with Gasteiger partial charge in [-0.2, -0.15) is 0 Å². The van der Waals surface area contributed by atoms with Crippen LogP contribution in [0.25, 0.3) is 0 Å². The van der Waals surface area contributed by atoms with E-state index in [0.29, 0.717) is 6.04 Å². The third kappa shape index (κ3) is 4.34. The minimum Gasteiger partial charge on any atom is -0.544 e. The van der Waals surface area contributed by atoms with Gasteiger partial charge in [-0.3, -0.25) is 0 Å². The fourth-order valence-corrected chi connectivity index (χ4v) is 2.93. The van der Waals surface area contributed by atoms with Gasteiger partial charge in [0.15, 0.2) is 0 Å². The highest BCUT2D eigenvalue weighted by Crippen LogP contribution is 2.25. The van der Waals surface area contributed by atoms with Gasteiger partial charge in [0.05, 0.1) is 0 Å². The molecule has 1 heterocycles. The summed E-state index contributed by atoms with van der Waals surface area (Å²) in [6, 6.07) is 9.15. The van der Waals surface area contributed by atoms with Gasteiger partial charge in [0, 0.05) is 6.04 Å². The van der Waals surface area contributed by atoms with Crippen molar-refractivity contribution in [3.63, 3.8) is 0 Å². The molecular weight excluding hydrogens is 250 g/mol. The fraction of sp³-hybridized carbons (Fsp3) is 0.538. The molecule has 1 fully saturated rings. The maximum absolute atomic E-state index is 5.94. The van der Waals surface area contributed by atoms with Crippen LogP contribution in [-0.2, 0) is 0 Å². The summed E-state index contributed by atoms with van der Waals surface area (Å²) in [6.07, 6.45) is 2.55. The van der Waals surface area contributed by atoms with E-state index in [0.717, 1.165) is 12.3 Å². The molecule has 1 N–H and O–H groups in total. The van der Waals surface area contributed by atoms with Crippen molar-refractivity contribution >= 4 is 20.7 Å². The predicted octanol–water partition coefficient (Wildman–Crippen LogP) is 3.75. The van der Waals surface area contributed by atoms with Crippen molar-refractivity contribution in [2.75, 3.05) is 6.54 Å². The van der Waals surface area contributed by atoms with Crippen LogP contribution in [0.15, 0.2) is 24.3 Å². The van der Waals surface area contributed by atoms with Crippen LogP contribution >= 0.6 is 12.4 Å². The minimum absolute atomic E-state index is 0. The fourth-order valence-electron chi connectivity index (χ4n) is 2.09. The second-order valence-corrected chi connectivity index (χ2v) is 9.86. The highest BCUT2D eigenvalue weighted by atomic mass is 35.5. The van der Waals surface area contributed by atoms with Gasteiger partial charge in [-0.25, -0.2) is 0 Å². The molecule has 2 rings (SSSR count). The monoisotopic (exact) mass is 271 g/mol. The van der Waals surface area contributed by atoms with Gasteiger partial charge in [-0.15, -0.1) is 12.4 Å². The van der Waals surface area contributed by atoms with Crippen molar-refractivity contribution in [2.24, 2.45) is 0 Å². The Balaban J connectivity index is 0.00000144. The summed E-state index contributed by atoms with van der Waals surface area (Å²) in [5.74, 6) is 1.01. The molecule has 1 aromatic carbocycles. The topological polar surface area (TPSA) is 21.3 Å². The molecule has 0 spiro atoms. The Kier molecular flexibility index (Phi) is 5.04. The molecule has 2 nitrogen and oxygen atoms in total. The third-order valence-corrected chi connectivity index (χ3v) is 3.61. The van der Waals surface area contributed by atoms with Crippen LogP contribution in [-0.4, -0.2) is 14.9 Å². The standard InChI is InChI=1S/C13H21NOSi.ClH/c1-16(2,3)15-12-8-6-11(7-9-12)13-5-4-10-14-13;/h6-9,13-14H,4-5,10H2,1-3H3;1H/t13-;/m1./s1. The largest absolute Gasteiger partial charge is 0.544 e. The second-order valence-electron chi connectivity index (χ2n) is 5.43. The highest BCUT2D eigenvalue weighted by molar-refractivity contribution is 6.70. The molecule has 1 aliphatic rings. The van der Waals surface area contributed by atoms with Gasteiger partial charge in [-0.1, -0.05) is 12.1 Å². The van der Waals surface area contributed by atoms with Crippen LogP contribution in [0, 0.1) is 0 Å². The number of rotatable bonds is 3. The van der Waals surface area contributed by atoms with Gasteiger partial charge in [-0.05, 0) is 56.7 Å². The summed E-state index contributed by atoms with van der Waals surface area (Å²) in [6.45, 7) is 7.77. The SMILES string of the molecule is C[Si](C)(C)Oc1ccc([C@H]2CCCN2)cc1.Cl. The van der Waals surface area contributed by atoms with Gasteiger partial charge in [0.2, 0.25) is 8.32 Å². The first-order valence-electron chi connectivity index (χ1n) is 6.07. The maximum atomic E-state index is 5.94. The number of halogens is 1. The van der Waals surface area contributed by atoms with Crippen LogP contribution in [0.1, 0.15) is 24.4 Å². The lowest BCUT2D eigenvalue weighted by Gasteiger charge is -2.19. The van der Waals surface area contributed by atoms with Gasteiger partial charge in [0.25, 0.3) is 0 Å². The van der Waals surface area contributed by atoms with Crippen LogP contribution in [0.4, 0.5) is 0 Å². The van der Waals surface area contributed by atoms with E-state index in [9.17, 15) is 0 Å². The average molecular weight is 272 g/mol. The Bertz CT molecular complexity index is 341. The summed E-state index contributed by atoms with van der Waals surface area (Å²) in [5, 5.41) is 3.51. The first-order chi connectivity index (χ1) is 7.54. The first kappa shape index (κ1) is 14.5. The van der Waals surface area contributed by atoms with E-state index in [4.69, 9.17) is 4.43 Å². The molecule has 1 atom stereocenters. The van der Waals surface area contributed by atoms with Crippen LogP contribution in [0.5, 0.6) is 5.75 Å². The van der Waals surface area contributed by atoms with E-state index >= 15 is 0 Å². The summed E-state index contributed by atoms with van der Waals surface area (Å²) in [5.41, 5.74) is 1.39. The third-order valence-electron chi connectivity index (χ3n) is 2.77. The zero-order chi connectivity index (χ0) is 11.6. The van der Waals surface area contributed by atoms with E-state index in [1.165, 1.54) is 18.4 Å². The lowest BCUT2D eigenvalue weighted by Crippen LogP contribution is -2.29. The van der Waals surface area contributed by atoms with Gasteiger partial charge >= 0.3 is 0 Å². The Hall–Kier alpha value is -0.513. The molecule has 0 amide bonds. The quantitative estimate of drug-likeness (QED) is 0.846.